The van der Waals surface area contributed by atoms with Crippen molar-refractivity contribution in [1.82, 2.24) is 14.8 Å². The van der Waals surface area contributed by atoms with E-state index in [-0.39, 0.29) is 17.4 Å². The minimum absolute atomic E-state index is 0.0638. The monoisotopic (exact) mass is 265 g/mol. The van der Waals surface area contributed by atoms with Gasteiger partial charge < -0.3 is 14.9 Å². The Bertz CT molecular complexity index is 419. The molecule has 0 bridgehead atoms. The second kappa shape index (κ2) is 7.09. The molecule has 5 heteroatoms. The van der Waals surface area contributed by atoms with Gasteiger partial charge in [-0.15, -0.1) is 0 Å². The third-order valence-electron chi connectivity index (χ3n) is 2.68. The first-order valence-corrected chi connectivity index (χ1v) is 6.49. The average molecular weight is 265 g/mol. The van der Waals surface area contributed by atoms with Crippen LogP contribution in [0.1, 0.15) is 24.3 Å². The van der Waals surface area contributed by atoms with Gasteiger partial charge in [0.25, 0.3) is 5.91 Å². The van der Waals surface area contributed by atoms with Crippen molar-refractivity contribution >= 4 is 5.91 Å². The van der Waals surface area contributed by atoms with E-state index in [0.717, 1.165) is 6.54 Å². The number of amides is 1. The molecule has 0 radical (unpaired) electrons. The van der Waals surface area contributed by atoms with Gasteiger partial charge in [0.1, 0.15) is 5.75 Å². The lowest BCUT2D eigenvalue weighted by molar-refractivity contribution is 0.0715. The van der Waals surface area contributed by atoms with Gasteiger partial charge in [-0.3, -0.25) is 4.79 Å². The molecule has 19 heavy (non-hydrogen) atoms. The molecule has 0 aliphatic carbocycles. The van der Waals surface area contributed by atoms with E-state index in [1.54, 1.807) is 11.0 Å². The third-order valence-corrected chi connectivity index (χ3v) is 2.68. The van der Waals surface area contributed by atoms with Gasteiger partial charge in [-0.05, 0) is 32.1 Å². The van der Waals surface area contributed by atoms with Crippen LogP contribution < -0.4 is 0 Å². The smallest absolute Gasteiger partial charge is 0.276 e. The molecule has 1 aromatic heterocycles. The molecule has 1 rings (SSSR count). The zero-order chi connectivity index (χ0) is 14.4. The van der Waals surface area contributed by atoms with Crippen LogP contribution in [0.15, 0.2) is 18.3 Å². The van der Waals surface area contributed by atoms with Gasteiger partial charge in [-0.1, -0.05) is 13.8 Å². The largest absolute Gasteiger partial charge is 0.505 e. The summed E-state index contributed by atoms with van der Waals surface area (Å²) in [4.78, 5) is 20.1. The highest BCUT2D eigenvalue weighted by atomic mass is 16.3. The van der Waals surface area contributed by atoms with Crippen molar-refractivity contribution in [3.8, 4) is 5.75 Å². The maximum atomic E-state index is 12.4. The van der Waals surface area contributed by atoms with Crippen molar-refractivity contribution in [3.05, 3.63) is 24.0 Å². The van der Waals surface area contributed by atoms with Crippen molar-refractivity contribution < 1.29 is 9.90 Å². The van der Waals surface area contributed by atoms with Gasteiger partial charge in [0, 0.05) is 25.8 Å². The zero-order valence-corrected chi connectivity index (χ0v) is 12.1. The summed E-state index contributed by atoms with van der Waals surface area (Å²) in [5, 5.41) is 9.72. The van der Waals surface area contributed by atoms with Crippen LogP contribution in [0.4, 0.5) is 0 Å². The summed E-state index contributed by atoms with van der Waals surface area (Å²) < 4.78 is 0. The second-order valence-corrected chi connectivity index (χ2v) is 5.32. The van der Waals surface area contributed by atoms with E-state index in [9.17, 15) is 9.90 Å². The maximum absolute atomic E-state index is 12.4. The van der Waals surface area contributed by atoms with Crippen LogP contribution in [0.5, 0.6) is 5.75 Å². The predicted octanol–water partition coefficient (Wildman–Crippen LogP) is 1.45. The van der Waals surface area contributed by atoms with Crippen molar-refractivity contribution in [2.24, 2.45) is 5.92 Å². The number of hydrogen-bond acceptors (Lipinski definition) is 4. The van der Waals surface area contributed by atoms with Crippen LogP contribution in [-0.4, -0.2) is 59.5 Å². The van der Waals surface area contributed by atoms with Gasteiger partial charge in [0.2, 0.25) is 0 Å². The maximum Gasteiger partial charge on any atom is 0.276 e. The number of rotatable bonds is 6. The predicted molar refractivity (Wildman–Crippen MR) is 75.2 cm³/mol. The molecule has 1 N–H and O–H groups in total. The lowest BCUT2D eigenvalue weighted by atomic mass is 10.2. The Labute approximate surface area is 114 Å². The van der Waals surface area contributed by atoms with Gasteiger partial charge in [0.05, 0.1) is 0 Å². The van der Waals surface area contributed by atoms with E-state index in [2.05, 4.69) is 18.8 Å². The van der Waals surface area contributed by atoms with Crippen LogP contribution in [0.25, 0.3) is 0 Å². The lowest BCUT2D eigenvalue weighted by Crippen LogP contribution is -2.39. The second-order valence-electron chi connectivity index (χ2n) is 5.32. The first-order valence-electron chi connectivity index (χ1n) is 6.49. The Kier molecular flexibility index (Phi) is 5.76. The molecule has 1 amide bonds. The van der Waals surface area contributed by atoms with Crippen LogP contribution in [0.2, 0.25) is 0 Å². The number of aromatic nitrogens is 1. The molecule has 0 atom stereocenters. The SMILES string of the molecule is CC(C)CN(CCN(C)C)C(=O)c1ncccc1O. The number of pyridine rings is 1. The van der Waals surface area contributed by atoms with E-state index in [4.69, 9.17) is 0 Å². The quantitative estimate of drug-likeness (QED) is 0.845. The molecule has 1 heterocycles. The Hall–Kier alpha value is -1.62. The molecule has 5 nitrogen and oxygen atoms in total. The van der Waals surface area contributed by atoms with Gasteiger partial charge >= 0.3 is 0 Å². The molecule has 0 aliphatic rings. The summed E-state index contributed by atoms with van der Waals surface area (Å²) in [6.07, 6.45) is 1.52. The normalized spacial score (nSPS) is 11.1. The molecule has 0 saturated carbocycles. The minimum atomic E-state index is -0.214. The van der Waals surface area contributed by atoms with Crippen LogP contribution in [0, 0.1) is 5.92 Å². The molecular weight excluding hydrogens is 242 g/mol. The number of nitrogens with zero attached hydrogens (tertiary/aromatic N) is 3. The first-order chi connectivity index (χ1) is 8.91. The zero-order valence-electron chi connectivity index (χ0n) is 12.1. The number of aromatic hydroxyl groups is 1. The number of carbonyl (C=O) groups is 1. The summed E-state index contributed by atoms with van der Waals surface area (Å²) in [5.41, 5.74) is 0.127. The molecule has 0 unspecified atom stereocenters. The Morgan fingerprint density at radius 3 is 2.58 bits per heavy atom. The Morgan fingerprint density at radius 1 is 1.37 bits per heavy atom. The first kappa shape index (κ1) is 15.4. The fourth-order valence-corrected chi connectivity index (χ4v) is 1.75. The van der Waals surface area contributed by atoms with Gasteiger partial charge in [-0.2, -0.15) is 0 Å². The Balaban J connectivity index is 2.84. The van der Waals surface area contributed by atoms with Crippen molar-refractivity contribution in [1.29, 1.82) is 0 Å². The molecule has 1 aromatic rings. The lowest BCUT2D eigenvalue weighted by Gasteiger charge is -2.26. The van der Waals surface area contributed by atoms with Crippen LogP contribution in [0.3, 0.4) is 0 Å². The van der Waals surface area contributed by atoms with Gasteiger partial charge in [0.15, 0.2) is 5.69 Å². The summed E-state index contributed by atoms with van der Waals surface area (Å²) in [7, 11) is 3.94. The van der Waals surface area contributed by atoms with E-state index < -0.39 is 0 Å². The van der Waals surface area contributed by atoms with E-state index in [1.165, 1.54) is 12.3 Å². The topological polar surface area (TPSA) is 56.7 Å². The minimum Gasteiger partial charge on any atom is -0.505 e. The summed E-state index contributed by atoms with van der Waals surface area (Å²) >= 11 is 0. The molecule has 0 fully saturated rings. The van der Waals surface area contributed by atoms with E-state index in [0.29, 0.717) is 19.0 Å². The number of carbonyl (C=O) groups excluding carboxylic acids is 1. The average Bonchev–Trinajstić information content (AvgIpc) is 2.33. The van der Waals surface area contributed by atoms with Crippen LogP contribution >= 0.6 is 0 Å². The number of likely N-dealkylation sites (N-methyl/N-ethyl adjacent to an activating group) is 1. The highest BCUT2D eigenvalue weighted by molar-refractivity contribution is 5.94. The van der Waals surface area contributed by atoms with Crippen molar-refractivity contribution in [3.63, 3.8) is 0 Å². The van der Waals surface area contributed by atoms with Gasteiger partial charge in [-0.25, -0.2) is 4.98 Å². The molecule has 106 valence electrons. The van der Waals surface area contributed by atoms with E-state index in [1.807, 2.05) is 19.0 Å². The fourth-order valence-electron chi connectivity index (χ4n) is 1.75. The molecule has 0 spiro atoms. The van der Waals surface area contributed by atoms with Crippen molar-refractivity contribution in [2.45, 2.75) is 13.8 Å². The van der Waals surface area contributed by atoms with Crippen LogP contribution in [-0.2, 0) is 0 Å². The van der Waals surface area contributed by atoms with E-state index >= 15 is 0 Å². The fraction of sp³-hybridized carbons (Fsp3) is 0.571. The highest BCUT2D eigenvalue weighted by Crippen LogP contribution is 2.15. The number of hydrogen-bond donors (Lipinski definition) is 1. The van der Waals surface area contributed by atoms with Crippen molar-refractivity contribution in [2.75, 3.05) is 33.7 Å². The third kappa shape index (κ3) is 4.87. The highest BCUT2D eigenvalue weighted by Gasteiger charge is 2.20. The summed E-state index contributed by atoms with van der Waals surface area (Å²) in [6, 6.07) is 3.10. The molecule has 0 aliphatic heterocycles. The molecule has 0 aromatic carbocycles. The molecule has 0 saturated heterocycles. The summed E-state index contributed by atoms with van der Waals surface area (Å²) in [5.74, 6) is 0.0942. The Morgan fingerprint density at radius 2 is 2.05 bits per heavy atom. The summed E-state index contributed by atoms with van der Waals surface area (Å²) in [6.45, 7) is 6.19. The standard InChI is InChI=1S/C14H23N3O2/c1-11(2)10-17(9-8-16(3)4)14(19)13-12(18)6-5-7-15-13/h5-7,11,18H,8-10H2,1-4H3. The molecular formula is C14H23N3O2.